The molecule has 2 N–H and O–H groups in total. The van der Waals surface area contributed by atoms with Crippen molar-refractivity contribution in [1.82, 2.24) is 5.32 Å². The largest absolute Gasteiger partial charge is 0.394 e. The summed E-state index contributed by atoms with van der Waals surface area (Å²) in [6.07, 6.45) is 3.03. The highest BCUT2D eigenvalue weighted by molar-refractivity contribution is 5.84. The Hall–Kier alpha value is -1.35. The van der Waals surface area contributed by atoms with E-state index in [4.69, 9.17) is 5.11 Å². The van der Waals surface area contributed by atoms with Gasteiger partial charge in [0.05, 0.1) is 12.5 Å². The third-order valence-electron chi connectivity index (χ3n) is 3.35. The molecule has 0 saturated heterocycles. The van der Waals surface area contributed by atoms with E-state index in [-0.39, 0.29) is 24.5 Å². The smallest absolute Gasteiger partial charge is 0.227 e. The molecule has 0 fully saturated rings. The van der Waals surface area contributed by atoms with Crippen molar-refractivity contribution in [3.63, 3.8) is 0 Å². The molecule has 1 aliphatic carbocycles. The Morgan fingerprint density at radius 1 is 1.53 bits per heavy atom. The maximum absolute atomic E-state index is 12.1. The summed E-state index contributed by atoms with van der Waals surface area (Å²) >= 11 is 0. The molecule has 2 atom stereocenters. The van der Waals surface area contributed by atoms with Crippen LogP contribution in [0.1, 0.15) is 36.8 Å². The summed E-state index contributed by atoms with van der Waals surface area (Å²) in [6.45, 7) is 1.80. The molecule has 3 nitrogen and oxygen atoms in total. The second-order valence-corrected chi connectivity index (χ2v) is 4.74. The van der Waals surface area contributed by atoms with Gasteiger partial charge in [0.15, 0.2) is 0 Å². The molecule has 0 aliphatic heterocycles. The van der Waals surface area contributed by atoms with Crippen LogP contribution in [0.15, 0.2) is 24.3 Å². The van der Waals surface area contributed by atoms with E-state index in [0.29, 0.717) is 0 Å². The summed E-state index contributed by atoms with van der Waals surface area (Å²) in [5.41, 5.74) is 2.44. The van der Waals surface area contributed by atoms with E-state index in [9.17, 15) is 4.79 Å². The molecular formula is C14H19NO2. The second-order valence-electron chi connectivity index (χ2n) is 4.74. The maximum Gasteiger partial charge on any atom is 0.227 e. The van der Waals surface area contributed by atoms with Gasteiger partial charge in [0.2, 0.25) is 5.91 Å². The summed E-state index contributed by atoms with van der Waals surface area (Å²) in [7, 11) is 0. The highest BCUT2D eigenvalue weighted by Crippen LogP contribution is 2.31. The molecule has 0 aromatic heterocycles. The minimum Gasteiger partial charge on any atom is -0.394 e. The van der Waals surface area contributed by atoms with Gasteiger partial charge in [-0.3, -0.25) is 4.79 Å². The Balaban J connectivity index is 2.15. The van der Waals surface area contributed by atoms with Gasteiger partial charge in [0.1, 0.15) is 0 Å². The lowest BCUT2D eigenvalue weighted by Crippen LogP contribution is -2.39. The Morgan fingerprint density at radius 2 is 2.29 bits per heavy atom. The fourth-order valence-electron chi connectivity index (χ4n) is 2.42. The Labute approximate surface area is 102 Å². The van der Waals surface area contributed by atoms with Crippen molar-refractivity contribution in [3.8, 4) is 0 Å². The van der Waals surface area contributed by atoms with Gasteiger partial charge in [-0.15, -0.1) is 0 Å². The fourth-order valence-corrected chi connectivity index (χ4v) is 2.42. The van der Waals surface area contributed by atoms with E-state index in [1.165, 1.54) is 5.56 Å². The molecule has 3 heteroatoms. The standard InChI is InChI=1S/C14H19NO2/c1-10(9-16)15-14(17)13-8-4-6-11-5-2-3-7-12(11)13/h2-3,5,7,10,13,16H,4,6,8-9H2,1H3,(H,15,17)/t10-,13?/m1/s1. The van der Waals surface area contributed by atoms with Gasteiger partial charge in [0, 0.05) is 6.04 Å². The molecule has 1 aliphatic rings. The van der Waals surface area contributed by atoms with Crippen LogP contribution in [-0.4, -0.2) is 23.7 Å². The molecule has 0 spiro atoms. The minimum atomic E-state index is -0.170. The van der Waals surface area contributed by atoms with Gasteiger partial charge < -0.3 is 10.4 Å². The lowest BCUT2D eigenvalue weighted by molar-refractivity contribution is -0.123. The zero-order chi connectivity index (χ0) is 12.3. The average Bonchev–Trinajstić information content (AvgIpc) is 2.37. The first-order valence-electron chi connectivity index (χ1n) is 6.21. The van der Waals surface area contributed by atoms with Gasteiger partial charge in [-0.05, 0) is 37.3 Å². The lowest BCUT2D eigenvalue weighted by atomic mass is 9.82. The predicted octanol–water partition coefficient (Wildman–Crippen LogP) is 1.60. The second kappa shape index (κ2) is 5.32. The Kier molecular flexibility index (Phi) is 3.79. The topological polar surface area (TPSA) is 49.3 Å². The number of hydrogen-bond acceptors (Lipinski definition) is 2. The van der Waals surface area contributed by atoms with Crippen LogP contribution in [0.2, 0.25) is 0 Å². The van der Waals surface area contributed by atoms with E-state index in [1.807, 2.05) is 25.1 Å². The summed E-state index contributed by atoms with van der Waals surface area (Å²) in [4.78, 5) is 12.1. The molecule has 2 rings (SSSR count). The van der Waals surface area contributed by atoms with Crippen LogP contribution in [0.25, 0.3) is 0 Å². The molecule has 1 unspecified atom stereocenters. The van der Waals surface area contributed by atoms with Crippen molar-refractivity contribution in [3.05, 3.63) is 35.4 Å². The molecule has 1 amide bonds. The summed E-state index contributed by atoms with van der Waals surface area (Å²) in [5, 5.41) is 11.8. The van der Waals surface area contributed by atoms with Gasteiger partial charge in [0.25, 0.3) is 0 Å². The molecule has 92 valence electrons. The van der Waals surface area contributed by atoms with Crippen molar-refractivity contribution in [2.24, 2.45) is 0 Å². The molecule has 1 aromatic rings. The van der Waals surface area contributed by atoms with Crippen LogP contribution in [0.4, 0.5) is 0 Å². The van der Waals surface area contributed by atoms with Gasteiger partial charge in [-0.1, -0.05) is 24.3 Å². The zero-order valence-electron chi connectivity index (χ0n) is 10.1. The maximum atomic E-state index is 12.1. The number of fused-ring (bicyclic) bond motifs is 1. The number of aryl methyl sites for hydroxylation is 1. The molecule has 1 aromatic carbocycles. The Bertz CT molecular complexity index is 403. The number of nitrogens with one attached hydrogen (secondary N) is 1. The third kappa shape index (κ3) is 2.67. The molecule has 0 heterocycles. The van der Waals surface area contributed by atoms with E-state index >= 15 is 0 Å². The zero-order valence-corrected chi connectivity index (χ0v) is 10.1. The first kappa shape index (κ1) is 12.1. The van der Waals surface area contributed by atoms with E-state index < -0.39 is 0 Å². The summed E-state index contributed by atoms with van der Waals surface area (Å²) in [5.74, 6) is -0.00681. The van der Waals surface area contributed by atoms with Crippen LogP contribution < -0.4 is 5.32 Å². The van der Waals surface area contributed by atoms with Crippen LogP contribution in [0, 0.1) is 0 Å². The van der Waals surface area contributed by atoms with Gasteiger partial charge in [-0.25, -0.2) is 0 Å². The third-order valence-corrected chi connectivity index (χ3v) is 3.35. The monoisotopic (exact) mass is 233 g/mol. The highest BCUT2D eigenvalue weighted by Gasteiger charge is 2.26. The van der Waals surface area contributed by atoms with Crippen molar-refractivity contribution >= 4 is 5.91 Å². The van der Waals surface area contributed by atoms with Crippen molar-refractivity contribution in [2.45, 2.75) is 38.1 Å². The molecule has 0 radical (unpaired) electrons. The minimum absolute atomic E-state index is 0.0138. The van der Waals surface area contributed by atoms with Crippen LogP contribution in [0.3, 0.4) is 0 Å². The highest BCUT2D eigenvalue weighted by atomic mass is 16.3. The Morgan fingerprint density at radius 3 is 3.06 bits per heavy atom. The number of benzene rings is 1. The van der Waals surface area contributed by atoms with Crippen LogP contribution in [0.5, 0.6) is 0 Å². The van der Waals surface area contributed by atoms with Crippen molar-refractivity contribution in [1.29, 1.82) is 0 Å². The first-order valence-corrected chi connectivity index (χ1v) is 6.21. The number of rotatable bonds is 3. The molecular weight excluding hydrogens is 214 g/mol. The number of carbonyl (C=O) groups excluding carboxylic acids is 1. The fraction of sp³-hybridized carbons (Fsp3) is 0.500. The number of aliphatic hydroxyl groups is 1. The SMILES string of the molecule is C[C@H](CO)NC(=O)C1CCCc2ccccc21. The predicted molar refractivity (Wildman–Crippen MR) is 66.8 cm³/mol. The van der Waals surface area contributed by atoms with E-state index in [2.05, 4.69) is 11.4 Å². The quantitative estimate of drug-likeness (QED) is 0.833. The van der Waals surface area contributed by atoms with Crippen molar-refractivity contribution in [2.75, 3.05) is 6.61 Å². The normalized spacial score (nSPS) is 20.5. The lowest BCUT2D eigenvalue weighted by Gasteiger charge is -2.25. The van der Waals surface area contributed by atoms with Gasteiger partial charge in [-0.2, -0.15) is 0 Å². The van der Waals surface area contributed by atoms with Crippen molar-refractivity contribution < 1.29 is 9.90 Å². The number of aliphatic hydroxyl groups excluding tert-OH is 1. The first-order chi connectivity index (χ1) is 8.22. The van der Waals surface area contributed by atoms with Gasteiger partial charge >= 0.3 is 0 Å². The molecule has 0 saturated carbocycles. The van der Waals surface area contributed by atoms with E-state index in [1.54, 1.807) is 0 Å². The molecule has 0 bridgehead atoms. The van der Waals surface area contributed by atoms with Crippen LogP contribution >= 0.6 is 0 Å². The average molecular weight is 233 g/mol. The number of carbonyl (C=O) groups is 1. The number of hydrogen-bond donors (Lipinski definition) is 2. The molecule has 17 heavy (non-hydrogen) atoms. The summed E-state index contributed by atoms with van der Waals surface area (Å²) in [6, 6.07) is 7.98. The summed E-state index contributed by atoms with van der Waals surface area (Å²) < 4.78 is 0. The number of amides is 1. The van der Waals surface area contributed by atoms with E-state index in [0.717, 1.165) is 24.8 Å². The van der Waals surface area contributed by atoms with Crippen LogP contribution in [-0.2, 0) is 11.2 Å².